The predicted molar refractivity (Wildman–Crippen MR) is 110 cm³/mol. The van der Waals surface area contributed by atoms with E-state index in [2.05, 4.69) is 15.2 Å². The second-order valence-electron chi connectivity index (χ2n) is 8.53. The Balaban J connectivity index is 1.70. The Kier molecular flexibility index (Phi) is 6.73. The average Bonchev–Trinajstić information content (AvgIpc) is 3.01. The van der Waals surface area contributed by atoms with Crippen LogP contribution in [0.1, 0.15) is 78.1 Å². The number of Topliss-reactive ketones (excluding diaryl/α,β-unsaturated/α-hetero) is 2. The normalized spacial score (nSPS) is 21.4. The van der Waals surface area contributed by atoms with Crippen molar-refractivity contribution in [3.05, 3.63) is 22.5 Å². The number of ketones is 2. The summed E-state index contributed by atoms with van der Waals surface area (Å²) in [5, 5.41) is 3.54. The maximum Gasteiger partial charge on any atom is 0.195 e. The predicted octanol–water partition coefficient (Wildman–Crippen LogP) is 3.03. The van der Waals surface area contributed by atoms with Gasteiger partial charge in [-0.05, 0) is 46.1 Å². The molecule has 1 atom stereocenters. The van der Waals surface area contributed by atoms with Crippen LogP contribution in [-0.4, -0.2) is 65.9 Å². The van der Waals surface area contributed by atoms with Gasteiger partial charge < -0.3 is 15.0 Å². The van der Waals surface area contributed by atoms with Gasteiger partial charge in [-0.25, -0.2) is 0 Å². The summed E-state index contributed by atoms with van der Waals surface area (Å²) in [4.78, 5) is 30.7. The number of ether oxygens (including phenoxy) is 1. The lowest BCUT2D eigenvalue weighted by atomic mass is 9.79. The summed E-state index contributed by atoms with van der Waals surface area (Å²) < 4.78 is 5.56. The lowest BCUT2D eigenvalue weighted by Crippen LogP contribution is -2.60. The molecular formula is C22H35N3O3. The van der Waals surface area contributed by atoms with Crippen LogP contribution in [0.2, 0.25) is 0 Å². The number of aryl methyl sites for hydroxylation is 1. The molecular weight excluding hydrogens is 354 g/mol. The van der Waals surface area contributed by atoms with Gasteiger partial charge in [0.2, 0.25) is 0 Å². The van der Waals surface area contributed by atoms with E-state index in [4.69, 9.17) is 4.74 Å². The van der Waals surface area contributed by atoms with E-state index >= 15 is 0 Å². The summed E-state index contributed by atoms with van der Waals surface area (Å²) in [6.07, 6.45) is 6.15. The largest absolute Gasteiger partial charge is 0.379 e. The number of nitrogens with zero attached hydrogens (tertiary/aromatic N) is 1. The van der Waals surface area contributed by atoms with Crippen LogP contribution in [-0.2, 0) is 4.74 Å². The third-order valence-electron chi connectivity index (χ3n) is 6.63. The average molecular weight is 390 g/mol. The summed E-state index contributed by atoms with van der Waals surface area (Å²) in [5.41, 5.74) is 2.88. The molecule has 6 heteroatoms. The lowest BCUT2D eigenvalue weighted by molar-refractivity contribution is -0.0373. The molecule has 0 aromatic carbocycles. The molecule has 1 saturated heterocycles. The van der Waals surface area contributed by atoms with E-state index < -0.39 is 0 Å². The van der Waals surface area contributed by atoms with E-state index in [1.54, 1.807) is 6.92 Å². The zero-order valence-corrected chi connectivity index (χ0v) is 17.8. The Hall–Kier alpha value is -1.50. The Bertz CT molecular complexity index is 713. The molecule has 0 radical (unpaired) electrons. The van der Waals surface area contributed by atoms with Crippen LogP contribution in [0.5, 0.6) is 0 Å². The SMILES string of the molecule is CC(=O)c1c(C)[nH]c(C(=O)C(C)NCC2(N3CCOCC3)CCCCC2)c1C. The third-order valence-corrected chi connectivity index (χ3v) is 6.63. The zero-order chi connectivity index (χ0) is 20.3. The molecule has 156 valence electrons. The minimum atomic E-state index is -0.295. The summed E-state index contributed by atoms with van der Waals surface area (Å²) in [6.45, 7) is 11.6. The first-order valence-corrected chi connectivity index (χ1v) is 10.7. The molecule has 1 aliphatic carbocycles. The molecule has 2 N–H and O–H groups in total. The van der Waals surface area contributed by atoms with Crippen molar-refractivity contribution in [3.63, 3.8) is 0 Å². The van der Waals surface area contributed by atoms with E-state index in [-0.39, 0.29) is 23.1 Å². The van der Waals surface area contributed by atoms with Gasteiger partial charge in [0.15, 0.2) is 11.6 Å². The van der Waals surface area contributed by atoms with E-state index in [0.717, 1.165) is 44.1 Å². The molecule has 3 rings (SSSR count). The van der Waals surface area contributed by atoms with Crippen molar-refractivity contribution >= 4 is 11.6 Å². The van der Waals surface area contributed by atoms with Crippen molar-refractivity contribution in [2.75, 3.05) is 32.8 Å². The van der Waals surface area contributed by atoms with Gasteiger partial charge in [-0.1, -0.05) is 19.3 Å². The number of rotatable bonds is 7. The van der Waals surface area contributed by atoms with Crippen molar-refractivity contribution in [2.24, 2.45) is 0 Å². The van der Waals surface area contributed by atoms with Crippen molar-refractivity contribution < 1.29 is 14.3 Å². The highest BCUT2D eigenvalue weighted by Gasteiger charge is 2.39. The highest BCUT2D eigenvalue weighted by Crippen LogP contribution is 2.34. The molecule has 1 saturated carbocycles. The number of aromatic amines is 1. The van der Waals surface area contributed by atoms with Crippen LogP contribution in [0.25, 0.3) is 0 Å². The summed E-state index contributed by atoms with van der Waals surface area (Å²) in [7, 11) is 0. The van der Waals surface area contributed by atoms with Crippen LogP contribution in [0.3, 0.4) is 0 Å². The number of carbonyl (C=O) groups excluding carboxylic acids is 2. The van der Waals surface area contributed by atoms with Crippen molar-refractivity contribution in [3.8, 4) is 0 Å². The third kappa shape index (κ3) is 4.24. The van der Waals surface area contributed by atoms with Gasteiger partial charge in [0.25, 0.3) is 0 Å². The molecule has 1 unspecified atom stereocenters. The molecule has 0 bridgehead atoms. The Morgan fingerprint density at radius 3 is 2.39 bits per heavy atom. The molecule has 1 aliphatic heterocycles. The van der Waals surface area contributed by atoms with Crippen LogP contribution >= 0.6 is 0 Å². The van der Waals surface area contributed by atoms with Crippen molar-refractivity contribution in [1.82, 2.24) is 15.2 Å². The van der Waals surface area contributed by atoms with Crippen LogP contribution < -0.4 is 5.32 Å². The monoisotopic (exact) mass is 389 g/mol. The first kappa shape index (κ1) is 21.2. The standard InChI is InChI=1S/C22H35N3O3/c1-15-19(18(4)26)16(2)24-20(15)21(27)17(3)23-14-22(8-6-5-7-9-22)25-10-12-28-13-11-25/h17,23-24H,5-14H2,1-4H3. The van der Waals surface area contributed by atoms with Gasteiger partial charge >= 0.3 is 0 Å². The zero-order valence-electron chi connectivity index (χ0n) is 17.8. The smallest absolute Gasteiger partial charge is 0.195 e. The van der Waals surface area contributed by atoms with Crippen LogP contribution in [0, 0.1) is 13.8 Å². The number of morpholine rings is 1. The second-order valence-corrected chi connectivity index (χ2v) is 8.53. The van der Waals surface area contributed by atoms with E-state index in [1.807, 2.05) is 20.8 Å². The molecule has 2 heterocycles. The number of hydrogen-bond donors (Lipinski definition) is 2. The molecule has 6 nitrogen and oxygen atoms in total. The highest BCUT2D eigenvalue weighted by atomic mass is 16.5. The minimum Gasteiger partial charge on any atom is -0.379 e. The van der Waals surface area contributed by atoms with E-state index in [0.29, 0.717) is 11.3 Å². The summed E-state index contributed by atoms with van der Waals surface area (Å²) in [5.74, 6) is 0.0282. The van der Waals surface area contributed by atoms with Gasteiger partial charge in [-0.15, -0.1) is 0 Å². The Morgan fingerprint density at radius 2 is 1.82 bits per heavy atom. The second kappa shape index (κ2) is 8.89. The highest BCUT2D eigenvalue weighted by molar-refractivity contribution is 6.05. The number of hydrogen-bond acceptors (Lipinski definition) is 5. The quantitative estimate of drug-likeness (QED) is 0.701. The number of carbonyl (C=O) groups is 2. The number of aromatic nitrogens is 1. The van der Waals surface area contributed by atoms with Crippen molar-refractivity contribution in [2.45, 2.75) is 71.4 Å². The van der Waals surface area contributed by atoms with E-state index in [1.165, 1.54) is 32.1 Å². The number of nitrogens with one attached hydrogen (secondary N) is 2. The van der Waals surface area contributed by atoms with Crippen LogP contribution in [0.4, 0.5) is 0 Å². The Labute approximate surface area is 168 Å². The van der Waals surface area contributed by atoms with Gasteiger partial charge in [0.1, 0.15) is 0 Å². The topological polar surface area (TPSA) is 74.4 Å². The minimum absolute atomic E-state index is 0.000566. The van der Waals surface area contributed by atoms with Crippen LogP contribution in [0.15, 0.2) is 0 Å². The molecule has 1 aromatic rings. The fourth-order valence-electron chi connectivity index (χ4n) is 5.03. The van der Waals surface area contributed by atoms with Gasteiger partial charge in [-0.3, -0.25) is 14.5 Å². The van der Waals surface area contributed by atoms with Gasteiger partial charge in [-0.2, -0.15) is 0 Å². The maximum atomic E-state index is 13.1. The van der Waals surface area contributed by atoms with Gasteiger partial charge in [0, 0.05) is 36.4 Å². The Morgan fingerprint density at radius 1 is 1.18 bits per heavy atom. The lowest BCUT2D eigenvalue weighted by Gasteiger charge is -2.48. The first-order chi connectivity index (χ1) is 13.4. The molecule has 2 aliphatic rings. The van der Waals surface area contributed by atoms with Crippen molar-refractivity contribution in [1.29, 1.82) is 0 Å². The number of H-pyrrole nitrogens is 1. The fraction of sp³-hybridized carbons (Fsp3) is 0.727. The fourth-order valence-corrected chi connectivity index (χ4v) is 5.03. The molecule has 28 heavy (non-hydrogen) atoms. The maximum absolute atomic E-state index is 13.1. The first-order valence-electron chi connectivity index (χ1n) is 10.7. The van der Waals surface area contributed by atoms with Gasteiger partial charge in [0.05, 0.1) is 24.9 Å². The molecule has 1 aromatic heterocycles. The molecule has 2 fully saturated rings. The van der Waals surface area contributed by atoms with E-state index in [9.17, 15) is 9.59 Å². The molecule has 0 amide bonds. The summed E-state index contributed by atoms with van der Waals surface area (Å²) >= 11 is 0. The molecule has 0 spiro atoms. The summed E-state index contributed by atoms with van der Waals surface area (Å²) in [6, 6.07) is -0.295.